The number of hydrogen-bond donors (Lipinski definition) is 1. The number of alkyl halides is 3. The predicted octanol–water partition coefficient (Wildman–Crippen LogP) is 2.57. The van der Waals surface area contributed by atoms with Gasteiger partial charge in [0.2, 0.25) is 0 Å². The molecule has 1 unspecified atom stereocenters. The maximum Gasteiger partial charge on any atom is 0.404 e. The van der Waals surface area contributed by atoms with Crippen LogP contribution in [0.5, 0.6) is 0 Å². The van der Waals surface area contributed by atoms with Crippen molar-refractivity contribution in [1.82, 2.24) is 5.32 Å². The van der Waals surface area contributed by atoms with Crippen molar-refractivity contribution in [2.75, 3.05) is 0 Å². The average Bonchev–Trinajstić information content (AvgIpc) is 2.15. The van der Waals surface area contributed by atoms with Gasteiger partial charge >= 0.3 is 6.18 Å². The lowest BCUT2D eigenvalue weighted by molar-refractivity contribution is -0.157. The summed E-state index contributed by atoms with van der Waals surface area (Å²) < 4.78 is 37.4. The van der Waals surface area contributed by atoms with E-state index in [9.17, 15) is 13.2 Å². The van der Waals surface area contributed by atoms with Crippen molar-refractivity contribution in [3.63, 3.8) is 0 Å². The van der Waals surface area contributed by atoms with Crippen molar-refractivity contribution in [2.24, 2.45) is 0 Å². The van der Waals surface area contributed by atoms with E-state index in [1.165, 1.54) is 0 Å². The molecule has 1 N–H and O–H groups in total. The number of rotatable bonds is 0. The van der Waals surface area contributed by atoms with Gasteiger partial charge in [0.1, 0.15) is 6.04 Å². The summed E-state index contributed by atoms with van der Waals surface area (Å²) in [6, 6.07) is 4.20. The van der Waals surface area contributed by atoms with Crippen molar-refractivity contribution in [3.05, 3.63) is 34.9 Å². The van der Waals surface area contributed by atoms with Crippen LogP contribution in [0.4, 0.5) is 13.2 Å². The van der Waals surface area contributed by atoms with Gasteiger partial charge in [-0.1, -0.05) is 23.8 Å². The molecule has 1 nitrogen and oxygen atoms in total. The molecule has 1 aromatic rings. The first kappa shape index (κ1) is 10.5. The standard InChI is InChI=1S/C11H12F3N/c1-7-2-3-8-5-10(11(12,13)14)15-6-9(8)4-7/h2-4,10,15H,5-6H2,1H3. The quantitative estimate of drug-likeness (QED) is 0.701. The molecule has 0 saturated carbocycles. The number of hydrogen-bond acceptors (Lipinski definition) is 1. The van der Waals surface area contributed by atoms with E-state index in [0.29, 0.717) is 6.54 Å². The summed E-state index contributed by atoms with van der Waals surface area (Å²) in [5, 5.41) is 2.52. The second-order valence-corrected chi connectivity index (χ2v) is 3.95. The van der Waals surface area contributed by atoms with Crippen LogP contribution in [0.3, 0.4) is 0 Å². The Morgan fingerprint density at radius 1 is 1.27 bits per heavy atom. The minimum atomic E-state index is -4.15. The number of nitrogens with one attached hydrogen (secondary N) is 1. The second kappa shape index (κ2) is 3.52. The normalized spacial score (nSPS) is 21.2. The molecular formula is C11H12F3N. The Morgan fingerprint density at radius 3 is 2.67 bits per heavy atom. The third-order valence-electron chi connectivity index (χ3n) is 2.72. The third kappa shape index (κ3) is 2.15. The van der Waals surface area contributed by atoms with E-state index >= 15 is 0 Å². The molecule has 0 spiro atoms. The Hall–Kier alpha value is -1.03. The minimum absolute atomic E-state index is 0.0408. The molecule has 1 aromatic carbocycles. The van der Waals surface area contributed by atoms with Crippen molar-refractivity contribution >= 4 is 0 Å². The average molecular weight is 215 g/mol. The summed E-state index contributed by atoms with van der Waals surface area (Å²) in [5.41, 5.74) is 2.87. The Bertz CT molecular complexity index is 371. The molecule has 15 heavy (non-hydrogen) atoms. The molecule has 1 atom stereocenters. The van der Waals surface area contributed by atoms with Crippen LogP contribution < -0.4 is 5.32 Å². The molecule has 0 aromatic heterocycles. The summed E-state index contributed by atoms with van der Waals surface area (Å²) in [7, 11) is 0. The highest BCUT2D eigenvalue weighted by atomic mass is 19.4. The van der Waals surface area contributed by atoms with Gasteiger partial charge in [-0.25, -0.2) is 0 Å². The SMILES string of the molecule is Cc1ccc2c(c1)CNC(C(F)(F)F)C2. The molecule has 1 aliphatic heterocycles. The Kier molecular flexibility index (Phi) is 2.46. The molecule has 1 aliphatic rings. The Morgan fingerprint density at radius 2 is 2.00 bits per heavy atom. The molecule has 0 saturated heterocycles. The summed E-state index contributed by atoms with van der Waals surface area (Å²) in [6.07, 6.45) is -4.11. The molecule has 0 fully saturated rings. The smallest absolute Gasteiger partial charge is 0.302 e. The summed E-state index contributed by atoms with van der Waals surface area (Å²) in [4.78, 5) is 0. The van der Waals surface area contributed by atoms with Crippen molar-refractivity contribution in [3.8, 4) is 0 Å². The van der Waals surface area contributed by atoms with Gasteiger partial charge < -0.3 is 5.32 Å². The van der Waals surface area contributed by atoms with Crippen molar-refractivity contribution in [2.45, 2.75) is 32.1 Å². The van der Waals surface area contributed by atoms with Gasteiger partial charge in [-0.15, -0.1) is 0 Å². The molecule has 0 bridgehead atoms. The van der Waals surface area contributed by atoms with Crippen molar-refractivity contribution in [1.29, 1.82) is 0 Å². The fourth-order valence-electron chi connectivity index (χ4n) is 1.88. The van der Waals surface area contributed by atoms with E-state index in [2.05, 4.69) is 5.32 Å². The lowest BCUT2D eigenvalue weighted by Crippen LogP contribution is -2.46. The Balaban J connectivity index is 2.24. The summed E-state index contributed by atoms with van der Waals surface area (Å²) in [5.74, 6) is 0. The van der Waals surface area contributed by atoms with Crippen LogP contribution in [0.2, 0.25) is 0 Å². The highest BCUT2D eigenvalue weighted by Gasteiger charge is 2.40. The fourth-order valence-corrected chi connectivity index (χ4v) is 1.88. The number of benzene rings is 1. The zero-order chi connectivity index (χ0) is 11.1. The summed E-state index contributed by atoms with van der Waals surface area (Å²) >= 11 is 0. The number of halogens is 3. The molecule has 2 rings (SSSR count). The van der Waals surface area contributed by atoms with Crippen LogP contribution in [0.1, 0.15) is 16.7 Å². The third-order valence-corrected chi connectivity index (χ3v) is 2.72. The van der Waals surface area contributed by atoms with Gasteiger partial charge in [0.05, 0.1) is 0 Å². The maximum absolute atomic E-state index is 12.5. The van der Waals surface area contributed by atoms with E-state index in [0.717, 1.165) is 16.7 Å². The van der Waals surface area contributed by atoms with Gasteiger partial charge in [0.25, 0.3) is 0 Å². The van der Waals surface area contributed by atoms with Crippen LogP contribution in [-0.2, 0) is 13.0 Å². The predicted molar refractivity (Wildman–Crippen MR) is 51.6 cm³/mol. The topological polar surface area (TPSA) is 12.0 Å². The lowest BCUT2D eigenvalue weighted by atomic mass is 9.94. The van der Waals surface area contributed by atoms with Crippen LogP contribution in [0.15, 0.2) is 18.2 Å². The van der Waals surface area contributed by atoms with Gasteiger partial charge in [-0.3, -0.25) is 0 Å². The van der Waals surface area contributed by atoms with Crippen LogP contribution in [-0.4, -0.2) is 12.2 Å². The van der Waals surface area contributed by atoms with E-state index < -0.39 is 12.2 Å². The molecular weight excluding hydrogens is 203 g/mol. The van der Waals surface area contributed by atoms with Crippen LogP contribution in [0, 0.1) is 6.92 Å². The first-order chi connectivity index (χ1) is 6.97. The summed E-state index contributed by atoms with van der Waals surface area (Å²) in [6.45, 7) is 2.25. The van der Waals surface area contributed by atoms with Crippen molar-refractivity contribution < 1.29 is 13.2 Å². The molecule has 1 heterocycles. The Labute approximate surface area is 86.3 Å². The highest BCUT2D eigenvalue weighted by molar-refractivity contribution is 5.34. The van der Waals surface area contributed by atoms with Crippen LogP contribution >= 0.6 is 0 Å². The molecule has 0 amide bonds. The van der Waals surface area contributed by atoms with E-state index in [1.807, 2.05) is 19.1 Å². The van der Waals surface area contributed by atoms with Gasteiger partial charge in [-0.2, -0.15) is 13.2 Å². The zero-order valence-electron chi connectivity index (χ0n) is 8.36. The van der Waals surface area contributed by atoms with Crippen LogP contribution in [0.25, 0.3) is 0 Å². The fraction of sp³-hybridized carbons (Fsp3) is 0.455. The van der Waals surface area contributed by atoms with Gasteiger partial charge in [0.15, 0.2) is 0 Å². The lowest BCUT2D eigenvalue weighted by Gasteiger charge is -2.28. The zero-order valence-corrected chi connectivity index (χ0v) is 8.36. The van der Waals surface area contributed by atoms with E-state index in [1.54, 1.807) is 6.07 Å². The molecule has 82 valence electrons. The monoisotopic (exact) mass is 215 g/mol. The second-order valence-electron chi connectivity index (χ2n) is 3.95. The highest BCUT2D eigenvalue weighted by Crippen LogP contribution is 2.28. The minimum Gasteiger partial charge on any atom is -0.302 e. The van der Waals surface area contributed by atoms with E-state index in [4.69, 9.17) is 0 Å². The molecule has 0 aliphatic carbocycles. The number of aryl methyl sites for hydroxylation is 1. The van der Waals surface area contributed by atoms with Gasteiger partial charge in [0, 0.05) is 6.54 Å². The van der Waals surface area contributed by atoms with Gasteiger partial charge in [-0.05, 0) is 24.5 Å². The van der Waals surface area contributed by atoms with E-state index in [-0.39, 0.29) is 6.42 Å². The molecule has 0 radical (unpaired) electrons. The molecule has 4 heteroatoms. The number of fused-ring (bicyclic) bond motifs is 1. The first-order valence-corrected chi connectivity index (χ1v) is 4.85. The first-order valence-electron chi connectivity index (χ1n) is 4.85. The largest absolute Gasteiger partial charge is 0.404 e. The maximum atomic E-state index is 12.5.